The third-order valence-electron chi connectivity index (χ3n) is 2.80. The Bertz CT molecular complexity index is 578. The zero-order valence-electron chi connectivity index (χ0n) is 12.1. The van der Waals surface area contributed by atoms with Crippen LogP contribution in [-0.2, 0) is 11.3 Å². The van der Waals surface area contributed by atoms with Crippen molar-refractivity contribution in [3.05, 3.63) is 47.5 Å². The number of aryl methyl sites for hydroxylation is 1. The van der Waals surface area contributed by atoms with Crippen LogP contribution in [0.3, 0.4) is 0 Å². The number of halogens is 1. The summed E-state index contributed by atoms with van der Waals surface area (Å²) in [5, 5.41) is 3.76. The van der Waals surface area contributed by atoms with Crippen molar-refractivity contribution in [1.29, 1.82) is 0 Å². The molecule has 0 radical (unpaired) electrons. The number of nitrogens with one attached hydrogen (secondary N) is 1. The van der Waals surface area contributed by atoms with Crippen LogP contribution in [-0.4, -0.2) is 30.2 Å². The maximum atomic E-state index is 14.1. The second-order valence-corrected chi connectivity index (χ2v) is 5.52. The van der Waals surface area contributed by atoms with Crippen LogP contribution in [0.25, 0.3) is 0 Å². The summed E-state index contributed by atoms with van der Waals surface area (Å²) in [5.74, 6) is -0.254. The van der Waals surface area contributed by atoms with Crippen LogP contribution >= 0.6 is 11.8 Å². The van der Waals surface area contributed by atoms with Gasteiger partial charge in [0.2, 0.25) is 0 Å². The predicted octanol–water partition coefficient (Wildman–Crippen LogP) is 2.81. The van der Waals surface area contributed by atoms with Crippen molar-refractivity contribution in [2.24, 2.45) is 0 Å². The summed E-state index contributed by atoms with van der Waals surface area (Å²) in [4.78, 5) is 8.98. The number of benzene rings is 1. The predicted molar refractivity (Wildman–Crippen MR) is 80.9 cm³/mol. The first-order chi connectivity index (χ1) is 10.2. The molecule has 112 valence electrons. The fourth-order valence-corrected chi connectivity index (χ4v) is 2.56. The number of nitrogens with zero attached hydrogens (tertiary/aromatic N) is 2. The van der Waals surface area contributed by atoms with E-state index in [1.165, 1.54) is 17.8 Å². The molecule has 0 aliphatic rings. The number of hydrogen-bond acceptors (Lipinski definition) is 5. The molecule has 0 aliphatic heterocycles. The van der Waals surface area contributed by atoms with Crippen molar-refractivity contribution in [3.63, 3.8) is 0 Å². The standard InChI is InChI=1S/C15H18FN3OS/c1-11-8-18-15(19-9-11)21-14-12(4-3-5-13(14)16)10-17-6-7-20-2/h3-5,8-9,17H,6-7,10H2,1-2H3. The number of rotatable bonds is 7. The first kappa shape index (κ1) is 15.9. The van der Waals surface area contributed by atoms with Gasteiger partial charge in [-0.1, -0.05) is 12.1 Å². The lowest BCUT2D eigenvalue weighted by molar-refractivity contribution is 0.199. The van der Waals surface area contributed by atoms with Crippen molar-refractivity contribution in [2.75, 3.05) is 20.3 Å². The fourth-order valence-electron chi connectivity index (χ4n) is 1.73. The van der Waals surface area contributed by atoms with Gasteiger partial charge in [0, 0.05) is 32.6 Å². The summed E-state index contributed by atoms with van der Waals surface area (Å²) in [7, 11) is 1.65. The van der Waals surface area contributed by atoms with Crippen molar-refractivity contribution in [1.82, 2.24) is 15.3 Å². The highest BCUT2D eigenvalue weighted by atomic mass is 32.2. The van der Waals surface area contributed by atoms with E-state index in [4.69, 9.17) is 4.74 Å². The Morgan fingerprint density at radius 1 is 1.29 bits per heavy atom. The highest BCUT2D eigenvalue weighted by molar-refractivity contribution is 7.99. The van der Waals surface area contributed by atoms with Crippen molar-refractivity contribution < 1.29 is 9.13 Å². The van der Waals surface area contributed by atoms with E-state index >= 15 is 0 Å². The lowest BCUT2D eigenvalue weighted by Crippen LogP contribution is -2.19. The molecule has 0 unspecified atom stereocenters. The van der Waals surface area contributed by atoms with E-state index in [9.17, 15) is 4.39 Å². The zero-order valence-corrected chi connectivity index (χ0v) is 12.9. The highest BCUT2D eigenvalue weighted by Crippen LogP contribution is 2.30. The topological polar surface area (TPSA) is 47.0 Å². The summed E-state index contributed by atoms with van der Waals surface area (Å²) in [6.07, 6.45) is 3.46. The summed E-state index contributed by atoms with van der Waals surface area (Å²) < 4.78 is 19.0. The molecule has 0 atom stereocenters. The van der Waals surface area contributed by atoms with Gasteiger partial charge in [0.15, 0.2) is 5.16 Å². The van der Waals surface area contributed by atoms with Crippen LogP contribution in [0.5, 0.6) is 0 Å². The minimum atomic E-state index is -0.254. The Labute approximate surface area is 128 Å². The molecular weight excluding hydrogens is 289 g/mol. The number of hydrogen-bond donors (Lipinski definition) is 1. The molecule has 1 N–H and O–H groups in total. The molecule has 0 amide bonds. The van der Waals surface area contributed by atoms with Gasteiger partial charge in [-0.05, 0) is 35.9 Å². The molecule has 0 bridgehead atoms. The number of ether oxygens (including phenoxy) is 1. The monoisotopic (exact) mass is 307 g/mol. The van der Waals surface area contributed by atoms with E-state index < -0.39 is 0 Å². The first-order valence-electron chi connectivity index (χ1n) is 6.64. The number of aromatic nitrogens is 2. The Hall–Kier alpha value is -1.50. The van der Waals surface area contributed by atoms with Gasteiger partial charge in [-0.3, -0.25) is 0 Å². The lowest BCUT2D eigenvalue weighted by Gasteiger charge is -2.10. The van der Waals surface area contributed by atoms with Gasteiger partial charge in [0.25, 0.3) is 0 Å². The Kier molecular flexibility index (Phi) is 6.10. The summed E-state index contributed by atoms with van der Waals surface area (Å²) in [5.41, 5.74) is 1.87. The molecule has 0 fully saturated rings. The number of methoxy groups -OCH3 is 1. The molecule has 1 aromatic heterocycles. The third kappa shape index (κ3) is 4.77. The highest BCUT2D eigenvalue weighted by Gasteiger charge is 2.11. The fraction of sp³-hybridized carbons (Fsp3) is 0.333. The van der Waals surface area contributed by atoms with Gasteiger partial charge in [0.05, 0.1) is 11.5 Å². The van der Waals surface area contributed by atoms with Crippen LogP contribution in [0.1, 0.15) is 11.1 Å². The van der Waals surface area contributed by atoms with Crippen LogP contribution in [0.4, 0.5) is 4.39 Å². The molecule has 0 spiro atoms. The smallest absolute Gasteiger partial charge is 0.192 e. The maximum absolute atomic E-state index is 14.1. The molecular formula is C15H18FN3OS. The second kappa shape index (κ2) is 8.07. The van der Waals surface area contributed by atoms with Crippen molar-refractivity contribution in [2.45, 2.75) is 23.5 Å². The molecule has 0 aliphatic carbocycles. The average Bonchev–Trinajstić information content (AvgIpc) is 2.49. The molecule has 0 saturated carbocycles. The summed E-state index contributed by atoms with van der Waals surface area (Å²) in [6, 6.07) is 5.07. The van der Waals surface area contributed by atoms with Gasteiger partial charge in [-0.2, -0.15) is 0 Å². The Balaban J connectivity index is 2.11. The van der Waals surface area contributed by atoms with E-state index in [0.29, 0.717) is 23.2 Å². The molecule has 1 heterocycles. The van der Waals surface area contributed by atoms with Gasteiger partial charge in [-0.15, -0.1) is 0 Å². The minimum absolute atomic E-state index is 0.254. The SMILES string of the molecule is COCCNCc1cccc(F)c1Sc1ncc(C)cn1. The third-order valence-corrected chi connectivity index (χ3v) is 3.85. The second-order valence-electron chi connectivity index (χ2n) is 4.54. The van der Waals surface area contributed by atoms with Crippen LogP contribution in [0, 0.1) is 12.7 Å². The average molecular weight is 307 g/mol. The van der Waals surface area contributed by atoms with Gasteiger partial charge >= 0.3 is 0 Å². The normalized spacial score (nSPS) is 10.8. The van der Waals surface area contributed by atoms with Crippen LogP contribution < -0.4 is 5.32 Å². The maximum Gasteiger partial charge on any atom is 0.192 e. The van der Waals surface area contributed by atoms with Gasteiger partial charge < -0.3 is 10.1 Å². The lowest BCUT2D eigenvalue weighted by atomic mass is 10.2. The van der Waals surface area contributed by atoms with Crippen molar-refractivity contribution >= 4 is 11.8 Å². The molecule has 2 rings (SSSR count). The van der Waals surface area contributed by atoms with E-state index in [1.807, 2.05) is 13.0 Å². The Morgan fingerprint density at radius 3 is 2.76 bits per heavy atom. The minimum Gasteiger partial charge on any atom is -0.383 e. The molecule has 0 saturated heterocycles. The zero-order chi connectivity index (χ0) is 15.1. The van der Waals surface area contributed by atoms with Gasteiger partial charge in [0.1, 0.15) is 5.82 Å². The van der Waals surface area contributed by atoms with Crippen LogP contribution in [0.15, 0.2) is 40.6 Å². The van der Waals surface area contributed by atoms with Gasteiger partial charge in [-0.25, -0.2) is 14.4 Å². The summed E-state index contributed by atoms with van der Waals surface area (Å²) >= 11 is 1.24. The van der Waals surface area contributed by atoms with Crippen LogP contribution in [0.2, 0.25) is 0 Å². The largest absolute Gasteiger partial charge is 0.383 e. The first-order valence-corrected chi connectivity index (χ1v) is 7.46. The quantitative estimate of drug-likeness (QED) is 0.629. The molecule has 21 heavy (non-hydrogen) atoms. The molecule has 2 aromatic rings. The van der Waals surface area contributed by atoms with E-state index in [1.54, 1.807) is 25.6 Å². The Morgan fingerprint density at radius 2 is 2.05 bits per heavy atom. The van der Waals surface area contributed by atoms with Crippen molar-refractivity contribution in [3.8, 4) is 0 Å². The van der Waals surface area contributed by atoms with E-state index in [0.717, 1.165) is 17.7 Å². The van der Waals surface area contributed by atoms with E-state index in [-0.39, 0.29) is 5.82 Å². The molecule has 4 nitrogen and oxygen atoms in total. The summed E-state index contributed by atoms with van der Waals surface area (Å²) in [6.45, 7) is 3.84. The molecule has 6 heteroatoms. The molecule has 1 aromatic carbocycles. The van der Waals surface area contributed by atoms with E-state index in [2.05, 4.69) is 15.3 Å².